The summed E-state index contributed by atoms with van der Waals surface area (Å²) >= 11 is 4.02. The minimum Gasteiger partial charge on any atom is -0.495 e. The number of ether oxygens (including phenoxy) is 1. The second kappa shape index (κ2) is 6.65. The van der Waals surface area contributed by atoms with Crippen LogP contribution in [0.4, 0.5) is 5.69 Å². The number of methoxy groups -OCH3 is 1. The number of anilines is 1. The molecule has 6 heteroatoms. The van der Waals surface area contributed by atoms with Crippen molar-refractivity contribution in [2.75, 3.05) is 23.9 Å². The first kappa shape index (κ1) is 16.9. The molecule has 2 aromatic rings. The molecule has 1 aromatic heterocycles. The topological polar surface area (TPSA) is 51.5 Å². The molecule has 2 heterocycles. The summed E-state index contributed by atoms with van der Waals surface area (Å²) in [5.41, 5.74) is 2.91. The largest absolute Gasteiger partial charge is 0.495 e. The second-order valence-electron chi connectivity index (χ2n) is 6.31. The summed E-state index contributed by atoms with van der Waals surface area (Å²) < 4.78 is 11.5. The van der Waals surface area contributed by atoms with Crippen LogP contribution in [0.2, 0.25) is 0 Å². The van der Waals surface area contributed by atoms with Crippen molar-refractivity contribution < 1.29 is 13.9 Å². The Morgan fingerprint density at radius 2 is 2.04 bits per heavy atom. The average molecular weight is 376 g/mol. The Morgan fingerprint density at radius 3 is 2.80 bits per heavy atom. The van der Waals surface area contributed by atoms with Crippen LogP contribution < -0.4 is 10.1 Å². The third kappa shape index (κ3) is 2.85. The molecular weight excluding hydrogens is 354 g/mol. The van der Waals surface area contributed by atoms with Gasteiger partial charge < -0.3 is 14.5 Å². The van der Waals surface area contributed by atoms with Gasteiger partial charge in [0.05, 0.1) is 16.9 Å². The molecule has 1 amide bonds. The van der Waals surface area contributed by atoms with Crippen molar-refractivity contribution in [2.45, 2.75) is 30.3 Å². The average Bonchev–Trinajstić information content (AvgIpc) is 3.21. The molecule has 1 aliphatic heterocycles. The van der Waals surface area contributed by atoms with Crippen molar-refractivity contribution in [2.24, 2.45) is 0 Å². The summed E-state index contributed by atoms with van der Waals surface area (Å²) in [6, 6.07) is 7.41. The summed E-state index contributed by atoms with van der Waals surface area (Å²) in [6.45, 7) is 2.02. The molecule has 0 unspecified atom stereocenters. The molecule has 0 bridgehead atoms. The van der Waals surface area contributed by atoms with Gasteiger partial charge in [0.15, 0.2) is 5.76 Å². The van der Waals surface area contributed by atoms with Crippen LogP contribution in [-0.2, 0) is 10.5 Å². The van der Waals surface area contributed by atoms with Gasteiger partial charge in [-0.2, -0.15) is 0 Å². The molecule has 1 N–H and O–H groups in total. The monoisotopic (exact) mass is 375 g/mol. The van der Waals surface area contributed by atoms with E-state index in [4.69, 9.17) is 9.15 Å². The van der Waals surface area contributed by atoms with Gasteiger partial charge in [-0.05, 0) is 31.9 Å². The number of carbonyl (C=O) groups excluding carboxylic acids is 1. The number of para-hydroxylation sites is 2. The quantitative estimate of drug-likeness (QED) is 0.834. The third-order valence-electron chi connectivity index (χ3n) is 4.83. The van der Waals surface area contributed by atoms with Crippen LogP contribution in [-0.4, -0.2) is 24.5 Å². The molecule has 4 rings (SSSR count). The predicted octanol–water partition coefficient (Wildman–Crippen LogP) is 4.82. The third-order valence-corrected chi connectivity index (χ3v) is 8.36. The van der Waals surface area contributed by atoms with Gasteiger partial charge in [-0.15, -0.1) is 23.5 Å². The van der Waals surface area contributed by atoms with E-state index in [0.717, 1.165) is 42.1 Å². The van der Waals surface area contributed by atoms with Gasteiger partial charge in [0.2, 0.25) is 0 Å². The van der Waals surface area contributed by atoms with Crippen molar-refractivity contribution in [1.29, 1.82) is 0 Å². The van der Waals surface area contributed by atoms with Gasteiger partial charge in [-0.3, -0.25) is 4.79 Å². The zero-order valence-corrected chi connectivity index (χ0v) is 16.0. The Morgan fingerprint density at radius 1 is 1.28 bits per heavy atom. The van der Waals surface area contributed by atoms with Crippen molar-refractivity contribution in [3.8, 4) is 5.75 Å². The van der Waals surface area contributed by atoms with Gasteiger partial charge in [0.1, 0.15) is 11.5 Å². The normalized spacial score (nSPS) is 18.2. The first-order chi connectivity index (χ1) is 12.1. The van der Waals surface area contributed by atoms with E-state index in [-0.39, 0.29) is 9.99 Å². The van der Waals surface area contributed by atoms with E-state index >= 15 is 0 Å². The van der Waals surface area contributed by atoms with E-state index in [1.54, 1.807) is 7.11 Å². The van der Waals surface area contributed by atoms with Gasteiger partial charge >= 0.3 is 0 Å². The standard InChI is InChI=1S/C19H21NO3S2/c1-12-16-15(8-5-9-19(16)24-10-11-25-19)23-17(12)18(21)20-13-6-3-4-7-14(13)22-2/h3-4,6-7H,5,8-11H2,1-2H3,(H,20,21). The molecule has 0 radical (unpaired) electrons. The smallest absolute Gasteiger partial charge is 0.291 e. The van der Waals surface area contributed by atoms with E-state index in [9.17, 15) is 4.79 Å². The summed E-state index contributed by atoms with van der Waals surface area (Å²) in [6.07, 6.45) is 3.19. The number of nitrogens with one attached hydrogen (secondary N) is 1. The number of thioether (sulfide) groups is 2. The Balaban J connectivity index is 1.68. The van der Waals surface area contributed by atoms with Crippen LogP contribution in [0, 0.1) is 6.92 Å². The lowest BCUT2D eigenvalue weighted by molar-refractivity contribution is 0.0993. The first-order valence-electron chi connectivity index (χ1n) is 8.49. The van der Waals surface area contributed by atoms with Crippen molar-refractivity contribution in [3.05, 3.63) is 46.9 Å². The fraction of sp³-hybridized carbons (Fsp3) is 0.421. The number of hydrogen-bond acceptors (Lipinski definition) is 5. The minimum atomic E-state index is -0.209. The van der Waals surface area contributed by atoms with Crippen molar-refractivity contribution >= 4 is 35.1 Å². The zero-order valence-electron chi connectivity index (χ0n) is 14.4. The fourth-order valence-corrected chi connectivity index (χ4v) is 7.30. The molecule has 4 nitrogen and oxygen atoms in total. The van der Waals surface area contributed by atoms with E-state index in [2.05, 4.69) is 5.32 Å². The Labute approximate surface area is 156 Å². The molecule has 2 aliphatic rings. The SMILES string of the molecule is COc1ccccc1NC(=O)c1oc2c(c1C)C1(CCC2)SCCS1. The predicted molar refractivity (Wildman–Crippen MR) is 104 cm³/mol. The second-order valence-corrected chi connectivity index (χ2v) is 9.36. The molecule has 25 heavy (non-hydrogen) atoms. The Hall–Kier alpha value is -1.53. The molecule has 1 spiro atoms. The molecule has 1 aromatic carbocycles. The Bertz CT molecular complexity index is 809. The van der Waals surface area contributed by atoms with Crippen molar-refractivity contribution in [3.63, 3.8) is 0 Å². The maximum atomic E-state index is 12.9. The summed E-state index contributed by atoms with van der Waals surface area (Å²) in [5, 5.41) is 2.94. The molecule has 1 aliphatic carbocycles. The number of benzene rings is 1. The lowest BCUT2D eigenvalue weighted by Crippen LogP contribution is -2.21. The highest BCUT2D eigenvalue weighted by atomic mass is 32.2. The molecular formula is C19H21NO3S2. The number of furan rings is 1. The molecule has 1 fully saturated rings. The zero-order chi connectivity index (χ0) is 17.4. The molecule has 0 atom stereocenters. The maximum absolute atomic E-state index is 12.9. The number of hydrogen-bond donors (Lipinski definition) is 1. The van der Waals surface area contributed by atoms with Gasteiger partial charge in [0.25, 0.3) is 5.91 Å². The molecule has 132 valence electrons. The van der Waals surface area contributed by atoms with E-state index in [0.29, 0.717) is 17.2 Å². The highest BCUT2D eigenvalue weighted by Gasteiger charge is 2.45. The number of rotatable bonds is 3. The minimum absolute atomic E-state index is 0.0874. The van der Waals surface area contributed by atoms with Crippen molar-refractivity contribution in [1.82, 2.24) is 0 Å². The van der Waals surface area contributed by atoms with Gasteiger partial charge in [0, 0.05) is 29.1 Å². The highest BCUT2D eigenvalue weighted by Crippen LogP contribution is 2.59. The maximum Gasteiger partial charge on any atom is 0.291 e. The number of fused-ring (bicyclic) bond motifs is 2. The first-order valence-corrected chi connectivity index (χ1v) is 10.5. The van der Waals surface area contributed by atoms with Crippen LogP contribution in [0.15, 0.2) is 28.7 Å². The number of aryl methyl sites for hydroxylation is 1. The summed E-state index contributed by atoms with van der Waals surface area (Å²) in [7, 11) is 1.60. The molecule has 1 saturated heterocycles. The van der Waals surface area contributed by atoms with Gasteiger partial charge in [-0.25, -0.2) is 0 Å². The van der Waals surface area contributed by atoms with E-state index in [1.807, 2.05) is 54.7 Å². The van der Waals surface area contributed by atoms with Crippen LogP contribution in [0.5, 0.6) is 5.75 Å². The van der Waals surface area contributed by atoms with Crippen LogP contribution in [0.1, 0.15) is 40.3 Å². The van der Waals surface area contributed by atoms with Crippen LogP contribution in [0.3, 0.4) is 0 Å². The van der Waals surface area contributed by atoms with E-state index in [1.165, 1.54) is 5.56 Å². The molecule has 0 saturated carbocycles. The summed E-state index contributed by atoms with van der Waals surface area (Å²) in [5.74, 6) is 4.19. The summed E-state index contributed by atoms with van der Waals surface area (Å²) in [4.78, 5) is 12.9. The number of amides is 1. The Kier molecular flexibility index (Phi) is 4.50. The van der Waals surface area contributed by atoms with Gasteiger partial charge in [-0.1, -0.05) is 12.1 Å². The number of carbonyl (C=O) groups is 1. The fourth-order valence-electron chi connectivity index (χ4n) is 3.74. The van der Waals surface area contributed by atoms with E-state index < -0.39 is 0 Å². The van der Waals surface area contributed by atoms with Crippen LogP contribution in [0.25, 0.3) is 0 Å². The lowest BCUT2D eigenvalue weighted by atomic mass is 9.94. The lowest BCUT2D eigenvalue weighted by Gasteiger charge is -2.31. The van der Waals surface area contributed by atoms with Crippen LogP contribution >= 0.6 is 23.5 Å². The highest BCUT2D eigenvalue weighted by molar-refractivity contribution is 8.20.